The van der Waals surface area contributed by atoms with Crippen molar-refractivity contribution in [3.63, 3.8) is 0 Å². The van der Waals surface area contributed by atoms with E-state index < -0.39 is 0 Å². The molecule has 1 fully saturated rings. The zero-order valence-electron chi connectivity index (χ0n) is 20.5. The molecule has 1 aliphatic rings. The highest BCUT2D eigenvalue weighted by atomic mass is 16.5. The highest BCUT2D eigenvalue weighted by Crippen LogP contribution is 2.34. The van der Waals surface area contributed by atoms with Crippen LogP contribution < -0.4 is 15.9 Å². The van der Waals surface area contributed by atoms with Gasteiger partial charge in [-0.1, -0.05) is 73.5 Å². The number of hydrogen-bond donors (Lipinski definition) is 1. The summed E-state index contributed by atoms with van der Waals surface area (Å²) < 4.78 is 12.4. The van der Waals surface area contributed by atoms with Gasteiger partial charge in [-0.3, -0.25) is 4.79 Å². The van der Waals surface area contributed by atoms with E-state index in [1.165, 1.54) is 25.5 Å². The van der Waals surface area contributed by atoms with Gasteiger partial charge >= 0.3 is 0 Å². The van der Waals surface area contributed by atoms with Crippen molar-refractivity contribution in [1.29, 1.82) is 0 Å². The van der Waals surface area contributed by atoms with E-state index >= 15 is 0 Å². The maximum Gasteiger partial charge on any atom is 0.196 e. The molecule has 0 spiro atoms. The van der Waals surface area contributed by atoms with Crippen molar-refractivity contribution >= 4 is 11.0 Å². The van der Waals surface area contributed by atoms with Crippen molar-refractivity contribution in [1.82, 2.24) is 0 Å². The average Bonchev–Trinajstić information content (AvgIpc) is 3.45. The molecule has 182 valence electrons. The summed E-state index contributed by atoms with van der Waals surface area (Å²) in [5, 5.41) is 0.645. The van der Waals surface area contributed by atoms with E-state index in [1.807, 2.05) is 42.5 Å². The fourth-order valence-electron chi connectivity index (χ4n) is 4.98. The van der Waals surface area contributed by atoms with Crippen molar-refractivity contribution in [2.75, 3.05) is 7.05 Å². The molecule has 0 aliphatic heterocycles. The number of nitrogens with two attached hydrogens (primary N) is 1. The zero-order valence-corrected chi connectivity index (χ0v) is 20.5. The van der Waals surface area contributed by atoms with Gasteiger partial charge in [-0.15, -0.1) is 0 Å². The summed E-state index contributed by atoms with van der Waals surface area (Å²) >= 11 is 0. The molecule has 0 radical (unpaired) electrons. The molecular weight excluding hydrogens is 434 g/mol. The van der Waals surface area contributed by atoms with E-state index in [0.29, 0.717) is 16.9 Å². The molecule has 1 aromatic heterocycles. The van der Waals surface area contributed by atoms with Crippen LogP contribution in [0.3, 0.4) is 0 Å². The van der Waals surface area contributed by atoms with Crippen LogP contribution in [0.5, 0.6) is 5.75 Å². The summed E-state index contributed by atoms with van der Waals surface area (Å²) in [4.78, 5) is 13.0. The second-order valence-corrected chi connectivity index (χ2v) is 9.05. The number of rotatable bonds is 8. The van der Waals surface area contributed by atoms with Gasteiger partial charge in [0.15, 0.2) is 5.43 Å². The maximum absolute atomic E-state index is 13.0. The largest absolute Gasteiger partial charge is 0.486 e. The molecule has 3 aromatic carbocycles. The molecule has 4 nitrogen and oxygen atoms in total. The lowest BCUT2D eigenvalue weighted by Crippen LogP contribution is -2.12. The van der Waals surface area contributed by atoms with Crippen LogP contribution in [0.15, 0.2) is 94.3 Å². The molecule has 1 heterocycles. The number of aryl methyl sites for hydroxylation is 1. The standard InChI is InChI=1S/C30H30O3.CH5N/c31-30-26-19-18-25(20-29(26)32-21-27(30)23-13-7-8-14-23)33-28(24-15-5-2-6-16-24)17-9-12-22-10-3-1-4-11-22;1-2/h1-6,10-11,15-16,18-21,23,28H,7-9,12-14,17H2;2H2,1H3. The van der Waals surface area contributed by atoms with Crippen LogP contribution in [0.1, 0.15) is 67.2 Å². The molecule has 0 bridgehead atoms. The van der Waals surface area contributed by atoms with Gasteiger partial charge in [0.05, 0.1) is 11.6 Å². The van der Waals surface area contributed by atoms with Gasteiger partial charge in [0, 0.05) is 11.6 Å². The number of benzene rings is 3. The third kappa shape index (κ3) is 6.20. The van der Waals surface area contributed by atoms with Gasteiger partial charge in [0.2, 0.25) is 0 Å². The van der Waals surface area contributed by atoms with Crippen LogP contribution >= 0.6 is 0 Å². The molecule has 5 rings (SSSR count). The van der Waals surface area contributed by atoms with Gasteiger partial charge in [0.1, 0.15) is 17.4 Å². The Morgan fingerprint density at radius 1 is 0.943 bits per heavy atom. The van der Waals surface area contributed by atoms with Crippen LogP contribution in [0.4, 0.5) is 0 Å². The Morgan fingerprint density at radius 2 is 1.63 bits per heavy atom. The SMILES string of the molecule is CN.O=c1c(C2CCCC2)coc2cc(OC(CCCc3ccccc3)c3ccccc3)ccc12. The van der Waals surface area contributed by atoms with Crippen LogP contribution in [-0.2, 0) is 6.42 Å². The second-order valence-electron chi connectivity index (χ2n) is 9.05. The summed E-state index contributed by atoms with van der Waals surface area (Å²) in [6, 6.07) is 26.5. The summed E-state index contributed by atoms with van der Waals surface area (Å²) in [5.41, 5.74) is 8.53. The Morgan fingerprint density at radius 3 is 2.34 bits per heavy atom. The van der Waals surface area contributed by atoms with Crippen molar-refractivity contribution in [2.24, 2.45) is 5.73 Å². The highest BCUT2D eigenvalue weighted by molar-refractivity contribution is 5.78. The molecule has 0 saturated heterocycles. The Balaban J connectivity index is 0.00000141. The Bertz CT molecular complexity index is 1240. The number of fused-ring (bicyclic) bond motifs is 1. The first-order chi connectivity index (χ1) is 17.3. The first-order valence-corrected chi connectivity index (χ1v) is 12.7. The van der Waals surface area contributed by atoms with Crippen LogP contribution in [0.2, 0.25) is 0 Å². The van der Waals surface area contributed by atoms with E-state index in [0.717, 1.165) is 49.0 Å². The lowest BCUT2D eigenvalue weighted by Gasteiger charge is -2.20. The summed E-state index contributed by atoms with van der Waals surface area (Å²) in [7, 11) is 1.50. The minimum absolute atomic E-state index is 0.0585. The van der Waals surface area contributed by atoms with Crippen LogP contribution in [-0.4, -0.2) is 7.05 Å². The molecule has 1 unspecified atom stereocenters. The Hall–Kier alpha value is -3.37. The van der Waals surface area contributed by atoms with Crippen molar-refractivity contribution in [2.45, 2.75) is 57.0 Å². The minimum atomic E-state index is -0.0585. The van der Waals surface area contributed by atoms with Crippen molar-refractivity contribution in [3.05, 3.63) is 112 Å². The summed E-state index contributed by atoms with van der Waals surface area (Å²) in [6.45, 7) is 0. The smallest absolute Gasteiger partial charge is 0.196 e. The topological polar surface area (TPSA) is 65.5 Å². The summed E-state index contributed by atoms with van der Waals surface area (Å²) in [5.74, 6) is 1.07. The normalized spacial score (nSPS) is 14.3. The predicted octanol–water partition coefficient (Wildman–Crippen LogP) is 7.17. The van der Waals surface area contributed by atoms with E-state index in [2.05, 4.69) is 42.1 Å². The predicted molar refractivity (Wildman–Crippen MR) is 143 cm³/mol. The molecule has 1 atom stereocenters. The number of ether oxygens (including phenoxy) is 1. The monoisotopic (exact) mass is 469 g/mol. The molecule has 2 N–H and O–H groups in total. The number of hydrogen-bond acceptors (Lipinski definition) is 4. The van der Waals surface area contributed by atoms with Gasteiger partial charge < -0.3 is 14.9 Å². The molecular formula is C31H35NO3. The third-order valence-corrected chi connectivity index (χ3v) is 6.79. The fraction of sp³-hybridized carbons (Fsp3) is 0.323. The average molecular weight is 470 g/mol. The summed E-state index contributed by atoms with van der Waals surface area (Å²) in [6.07, 6.45) is 9.12. The molecule has 0 amide bonds. The van der Waals surface area contributed by atoms with Gasteiger partial charge in [-0.05, 0) is 68.3 Å². The lowest BCUT2D eigenvalue weighted by molar-refractivity contribution is 0.192. The first-order valence-electron chi connectivity index (χ1n) is 12.7. The third-order valence-electron chi connectivity index (χ3n) is 6.79. The highest BCUT2D eigenvalue weighted by Gasteiger charge is 2.22. The molecule has 4 aromatic rings. The van der Waals surface area contributed by atoms with Gasteiger partial charge in [-0.25, -0.2) is 0 Å². The van der Waals surface area contributed by atoms with E-state index in [-0.39, 0.29) is 11.5 Å². The quantitative estimate of drug-likeness (QED) is 0.297. The van der Waals surface area contributed by atoms with Crippen molar-refractivity contribution in [3.8, 4) is 5.75 Å². The lowest BCUT2D eigenvalue weighted by atomic mass is 9.98. The van der Waals surface area contributed by atoms with Gasteiger partial charge in [0.25, 0.3) is 0 Å². The van der Waals surface area contributed by atoms with Gasteiger partial charge in [-0.2, -0.15) is 0 Å². The molecule has 1 aliphatic carbocycles. The van der Waals surface area contributed by atoms with Crippen LogP contribution in [0.25, 0.3) is 11.0 Å². The van der Waals surface area contributed by atoms with Crippen molar-refractivity contribution < 1.29 is 9.15 Å². The molecule has 35 heavy (non-hydrogen) atoms. The zero-order chi connectivity index (χ0) is 24.5. The van der Waals surface area contributed by atoms with E-state index in [1.54, 1.807) is 6.26 Å². The van der Waals surface area contributed by atoms with E-state index in [9.17, 15) is 4.79 Å². The Kier molecular flexibility index (Phi) is 8.74. The Labute approximate surface area is 207 Å². The van der Waals surface area contributed by atoms with E-state index in [4.69, 9.17) is 9.15 Å². The minimum Gasteiger partial charge on any atom is -0.486 e. The molecule has 4 heteroatoms. The molecule has 1 saturated carbocycles. The second kappa shape index (κ2) is 12.4. The van der Waals surface area contributed by atoms with Crippen LogP contribution in [0, 0.1) is 0 Å². The first kappa shape index (κ1) is 24.7. The fourth-order valence-corrected chi connectivity index (χ4v) is 4.98. The maximum atomic E-state index is 13.0.